The van der Waals surface area contributed by atoms with Crippen molar-refractivity contribution in [2.45, 2.75) is 27.6 Å². The van der Waals surface area contributed by atoms with E-state index >= 15 is 0 Å². The van der Waals surface area contributed by atoms with Crippen LogP contribution in [0.1, 0.15) is 16.4 Å². The summed E-state index contributed by atoms with van der Waals surface area (Å²) >= 11 is 14.2. The lowest BCUT2D eigenvalue weighted by molar-refractivity contribution is -0.122. The quantitative estimate of drug-likeness (QED) is 0.290. The number of primary sulfonamides is 1. The first-order valence-electron chi connectivity index (χ1n) is 12.6. The van der Waals surface area contributed by atoms with Gasteiger partial charge in [0.15, 0.2) is 0 Å². The molecule has 0 radical (unpaired) electrons. The second kappa shape index (κ2) is 11.2. The summed E-state index contributed by atoms with van der Waals surface area (Å²) < 4.78 is 24.3. The first-order chi connectivity index (χ1) is 20.4. The molecule has 0 spiro atoms. The van der Waals surface area contributed by atoms with E-state index < -0.39 is 49.7 Å². The molecule has 220 valence electrons. The van der Waals surface area contributed by atoms with E-state index in [2.05, 4.69) is 5.32 Å². The number of thioether (sulfide) groups is 1. The Labute approximate surface area is 263 Å². The highest BCUT2D eigenvalue weighted by Gasteiger charge is 2.56. The van der Waals surface area contributed by atoms with Gasteiger partial charge in [0.1, 0.15) is 11.8 Å². The summed E-state index contributed by atoms with van der Waals surface area (Å²) in [6.07, 6.45) is 0. The third-order valence-corrected chi connectivity index (χ3v) is 11.2. The molecule has 1 fully saturated rings. The monoisotopic (exact) mass is 674 g/mol. The molecule has 4 aromatic rings. The van der Waals surface area contributed by atoms with Crippen LogP contribution in [-0.2, 0) is 31.0 Å². The zero-order valence-corrected chi connectivity index (χ0v) is 25.7. The number of imide groups is 1. The Hall–Kier alpha value is -3.46. The first-order valence-corrected chi connectivity index (χ1v) is 16.6. The van der Waals surface area contributed by atoms with E-state index in [9.17, 15) is 27.6 Å². The fourth-order valence-corrected chi connectivity index (χ4v) is 8.74. The number of halogens is 2. The maximum Gasteiger partial charge on any atom is 0.308 e. The van der Waals surface area contributed by atoms with Crippen LogP contribution in [0.4, 0.5) is 11.4 Å². The van der Waals surface area contributed by atoms with Crippen LogP contribution in [0.3, 0.4) is 0 Å². The van der Waals surface area contributed by atoms with Crippen molar-refractivity contribution in [2.24, 2.45) is 11.1 Å². The number of hydrogen-bond donors (Lipinski definition) is 2. The van der Waals surface area contributed by atoms with Crippen LogP contribution in [0.25, 0.3) is 0 Å². The van der Waals surface area contributed by atoms with Crippen LogP contribution in [0, 0.1) is 5.92 Å². The number of carbonyl (C=O) groups is 3. The molecule has 0 aliphatic carbocycles. The van der Waals surface area contributed by atoms with Gasteiger partial charge in [-0.05, 0) is 66.2 Å². The Morgan fingerprint density at radius 3 is 2.09 bits per heavy atom. The Kier molecular flexibility index (Phi) is 7.73. The lowest BCUT2D eigenvalue weighted by atomic mass is 9.83. The predicted molar refractivity (Wildman–Crippen MR) is 165 cm³/mol. The standard InChI is InChI=1S/C28H20Cl2N4O6S3/c29-15-3-1-14(2-4-15)21-22-23(26(37)34(25(22)36)18-9-5-16(30)6-10-18)41-27-24(21)42-28(38)33(27)13-20(35)32-17-7-11-19(12-8-17)43(31,39)40/h1-12,21-23H,13H2,(H,32,35)(H2,31,39,40)/t21-,22-,23+/m0/s1. The van der Waals surface area contributed by atoms with Gasteiger partial charge in [0.05, 0.1) is 21.5 Å². The first kappa shape index (κ1) is 29.6. The number of aromatic nitrogens is 1. The smallest absolute Gasteiger partial charge is 0.308 e. The number of hydrogen-bond acceptors (Lipinski definition) is 8. The SMILES string of the molecule is NS(=O)(=O)c1ccc(NC(=O)Cn2c3c(sc2=O)[C@@H](c2ccc(Cl)cc2)[C@@H]2C(=O)N(c4ccc(Cl)cc4)C(=O)[C@@H]2S3)cc1. The second-order valence-corrected chi connectivity index (χ2v) is 14.4. The van der Waals surface area contributed by atoms with Gasteiger partial charge < -0.3 is 5.32 Å². The van der Waals surface area contributed by atoms with Gasteiger partial charge in [-0.1, -0.05) is 58.4 Å². The van der Waals surface area contributed by atoms with Gasteiger partial charge in [-0.2, -0.15) is 0 Å². The zero-order chi connectivity index (χ0) is 30.6. The highest BCUT2D eigenvalue weighted by atomic mass is 35.5. The normalized spacial score (nSPS) is 19.7. The number of benzene rings is 3. The third kappa shape index (κ3) is 5.52. The highest BCUT2D eigenvalue weighted by Crippen LogP contribution is 2.54. The lowest BCUT2D eigenvalue weighted by Gasteiger charge is -2.30. The van der Waals surface area contributed by atoms with Crippen molar-refractivity contribution in [3.05, 3.63) is 103 Å². The molecule has 10 nitrogen and oxygen atoms in total. The van der Waals surface area contributed by atoms with Crippen molar-refractivity contribution in [3.8, 4) is 0 Å². The van der Waals surface area contributed by atoms with Crippen LogP contribution in [-0.4, -0.2) is 36.0 Å². The number of anilines is 2. The van der Waals surface area contributed by atoms with E-state index in [0.29, 0.717) is 36.9 Å². The lowest BCUT2D eigenvalue weighted by Crippen LogP contribution is -2.33. The Morgan fingerprint density at radius 1 is 0.884 bits per heavy atom. The summed E-state index contributed by atoms with van der Waals surface area (Å²) in [4.78, 5) is 55.2. The zero-order valence-electron chi connectivity index (χ0n) is 21.8. The molecule has 3 N–H and O–H groups in total. The number of fused-ring (bicyclic) bond motifs is 2. The third-order valence-electron chi connectivity index (χ3n) is 7.13. The molecule has 1 saturated heterocycles. The number of rotatable bonds is 6. The van der Waals surface area contributed by atoms with Gasteiger partial charge in [-0.3, -0.25) is 23.7 Å². The molecule has 1 aromatic heterocycles. The molecular weight excluding hydrogens is 655 g/mol. The van der Waals surface area contributed by atoms with E-state index in [-0.39, 0.29) is 11.4 Å². The molecule has 3 heterocycles. The summed E-state index contributed by atoms with van der Waals surface area (Å²) in [7, 11) is -3.90. The van der Waals surface area contributed by atoms with E-state index in [4.69, 9.17) is 28.3 Å². The average molecular weight is 676 g/mol. The largest absolute Gasteiger partial charge is 0.325 e. The molecule has 0 bridgehead atoms. The minimum absolute atomic E-state index is 0.115. The van der Waals surface area contributed by atoms with Crippen molar-refractivity contribution in [2.75, 3.05) is 10.2 Å². The van der Waals surface area contributed by atoms with E-state index in [1.807, 2.05) is 0 Å². The number of nitrogens with two attached hydrogens (primary N) is 1. The Bertz CT molecular complexity index is 1940. The molecule has 0 unspecified atom stereocenters. The molecule has 6 rings (SSSR count). The van der Waals surface area contributed by atoms with Crippen molar-refractivity contribution in [3.63, 3.8) is 0 Å². The van der Waals surface area contributed by atoms with Gasteiger partial charge >= 0.3 is 4.87 Å². The molecule has 2 aliphatic rings. The van der Waals surface area contributed by atoms with Crippen molar-refractivity contribution < 1.29 is 22.8 Å². The van der Waals surface area contributed by atoms with Gasteiger partial charge in [-0.25, -0.2) is 18.5 Å². The Morgan fingerprint density at radius 2 is 1.49 bits per heavy atom. The van der Waals surface area contributed by atoms with E-state index in [0.717, 1.165) is 28.0 Å². The molecule has 15 heteroatoms. The fraction of sp³-hybridized carbons (Fsp3) is 0.143. The molecule has 2 aliphatic heterocycles. The molecule has 3 atom stereocenters. The maximum atomic E-state index is 13.9. The van der Waals surface area contributed by atoms with Gasteiger partial charge in [0.2, 0.25) is 27.7 Å². The molecular formula is C28H20Cl2N4O6S3. The number of amides is 3. The molecule has 3 amide bonds. The molecule has 43 heavy (non-hydrogen) atoms. The van der Waals surface area contributed by atoms with E-state index in [1.165, 1.54) is 28.8 Å². The summed E-state index contributed by atoms with van der Waals surface area (Å²) in [5, 5.41) is 8.29. The van der Waals surface area contributed by atoms with Gasteiger partial charge in [0, 0.05) is 26.5 Å². The van der Waals surface area contributed by atoms with E-state index in [1.54, 1.807) is 48.5 Å². The molecule has 3 aromatic carbocycles. The van der Waals surface area contributed by atoms with Crippen LogP contribution in [0.15, 0.2) is 87.5 Å². The average Bonchev–Trinajstić information content (AvgIpc) is 3.40. The van der Waals surface area contributed by atoms with Crippen LogP contribution in [0.5, 0.6) is 0 Å². The highest BCUT2D eigenvalue weighted by molar-refractivity contribution is 8.00. The van der Waals surface area contributed by atoms with Crippen molar-refractivity contribution >= 4 is 85.4 Å². The summed E-state index contributed by atoms with van der Waals surface area (Å²) in [6.45, 7) is -0.373. The second-order valence-electron chi connectivity index (χ2n) is 9.82. The minimum atomic E-state index is -3.90. The van der Waals surface area contributed by atoms with Gasteiger partial charge in [0.25, 0.3) is 0 Å². The number of carbonyl (C=O) groups excluding carboxylic acids is 3. The number of nitrogens with zero attached hydrogens (tertiary/aromatic N) is 2. The van der Waals surface area contributed by atoms with Crippen LogP contribution >= 0.6 is 46.3 Å². The van der Waals surface area contributed by atoms with Crippen molar-refractivity contribution in [1.82, 2.24) is 4.57 Å². The summed E-state index contributed by atoms with van der Waals surface area (Å²) in [6, 6.07) is 18.6. The summed E-state index contributed by atoms with van der Waals surface area (Å²) in [5.74, 6) is -2.83. The molecule has 0 saturated carbocycles. The number of nitrogens with one attached hydrogen (secondary N) is 1. The minimum Gasteiger partial charge on any atom is -0.325 e. The van der Waals surface area contributed by atoms with Crippen molar-refractivity contribution in [1.29, 1.82) is 0 Å². The topological polar surface area (TPSA) is 149 Å². The van der Waals surface area contributed by atoms with Gasteiger partial charge in [-0.15, -0.1) is 0 Å². The number of sulfonamides is 1. The maximum absolute atomic E-state index is 13.9. The fourth-order valence-electron chi connectivity index (χ4n) is 5.20. The predicted octanol–water partition coefficient (Wildman–Crippen LogP) is 4.30. The number of thiazole rings is 1. The Balaban J connectivity index is 1.36. The summed E-state index contributed by atoms with van der Waals surface area (Å²) in [5.41, 5.74) is 1.39. The van der Waals surface area contributed by atoms with Crippen LogP contribution in [0.2, 0.25) is 10.0 Å². The van der Waals surface area contributed by atoms with Crippen LogP contribution < -0.4 is 20.2 Å².